The van der Waals surface area contributed by atoms with Crippen LogP contribution >= 0.6 is 0 Å². The molecule has 1 fully saturated rings. The average Bonchev–Trinajstić information content (AvgIpc) is 3.17. The molecule has 8 nitrogen and oxygen atoms in total. The Morgan fingerprint density at radius 3 is 2.77 bits per heavy atom. The number of amides is 1. The molecule has 11 heteroatoms. The van der Waals surface area contributed by atoms with Crippen molar-refractivity contribution in [3.63, 3.8) is 0 Å². The van der Waals surface area contributed by atoms with E-state index in [0.29, 0.717) is 0 Å². The van der Waals surface area contributed by atoms with Crippen molar-refractivity contribution in [1.82, 2.24) is 19.6 Å². The molecule has 1 amide bonds. The standard InChI is InChI=1S/C20H21F3N6O2/c21-20(22,23)14-8-16(25-15-6-2-1-4-13(15)11-30)29-17(9-14)26-19(28-29)27-18(31)12-5-3-7-24-10-12/h3,5,7-10,13,15,25,30H,1-2,4,6,11H2,(H,27,28,31)/t13-,15?/m0/s1. The first-order valence-electron chi connectivity index (χ1n) is 9.92. The summed E-state index contributed by atoms with van der Waals surface area (Å²) in [4.78, 5) is 20.3. The Kier molecular flexibility index (Phi) is 5.77. The van der Waals surface area contributed by atoms with Gasteiger partial charge in [0.15, 0.2) is 5.65 Å². The zero-order chi connectivity index (χ0) is 22.0. The highest BCUT2D eigenvalue weighted by Crippen LogP contribution is 2.33. The molecule has 3 N–H and O–H groups in total. The van der Waals surface area contributed by atoms with Crippen LogP contribution in [0.15, 0.2) is 36.7 Å². The molecule has 4 rings (SSSR count). The third-order valence-electron chi connectivity index (χ3n) is 5.39. The lowest BCUT2D eigenvalue weighted by Gasteiger charge is -2.31. The number of hydrogen-bond donors (Lipinski definition) is 3. The van der Waals surface area contributed by atoms with E-state index in [0.717, 1.165) is 37.8 Å². The highest BCUT2D eigenvalue weighted by Gasteiger charge is 2.33. The second-order valence-corrected chi connectivity index (χ2v) is 7.51. The molecule has 1 unspecified atom stereocenters. The fourth-order valence-corrected chi connectivity index (χ4v) is 3.78. The number of halogens is 3. The zero-order valence-electron chi connectivity index (χ0n) is 16.4. The van der Waals surface area contributed by atoms with E-state index in [1.165, 1.54) is 16.9 Å². The molecule has 1 saturated carbocycles. The predicted octanol–water partition coefficient (Wildman–Crippen LogP) is 3.36. The lowest BCUT2D eigenvalue weighted by atomic mass is 9.85. The lowest BCUT2D eigenvalue weighted by molar-refractivity contribution is -0.137. The van der Waals surface area contributed by atoms with E-state index < -0.39 is 17.6 Å². The van der Waals surface area contributed by atoms with E-state index in [1.807, 2.05) is 0 Å². The fourth-order valence-electron chi connectivity index (χ4n) is 3.78. The molecule has 1 aliphatic carbocycles. The van der Waals surface area contributed by atoms with Crippen LogP contribution in [0.3, 0.4) is 0 Å². The number of nitrogens with one attached hydrogen (secondary N) is 2. The van der Waals surface area contributed by atoms with Crippen LogP contribution in [0.25, 0.3) is 5.65 Å². The van der Waals surface area contributed by atoms with Crippen LogP contribution in [0.2, 0.25) is 0 Å². The Morgan fingerprint density at radius 1 is 1.26 bits per heavy atom. The Morgan fingerprint density at radius 2 is 2.06 bits per heavy atom. The summed E-state index contributed by atoms with van der Waals surface area (Å²) in [5.74, 6) is -0.614. The second-order valence-electron chi connectivity index (χ2n) is 7.51. The van der Waals surface area contributed by atoms with Crippen LogP contribution < -0.4 is 10.6 Å². The maximum atomic E-state index is 13.5. The molecule has 0 saturated heterocycles. The van der Waals surface area contributed by atoms with Crippen LogP contribution in [0, 0.1) is 5.92 Å². The SMILES string of the molecule is O=C(Nc1nc2cc(C(F)(F)F)cc(NC3CCCC[C@H]3CO)n2n1)c1cccnc1. The summed E-state index contributed by atoms with van der Waals surface area (Å²) in [7, 11) is 0. The molecular formula is C20H21F3N6O2. The van der Waals surface area contributed by atoms with E-state index in [2.05, 4.69) is 25.7 Å². The Balaban J connectivity index is 1.69. The van der Waals surface area contributed by atoms with E-state index in [9.17, 15) is 23.1 Å². The smallest absolute Gasteiger partial charge is 0.396 e. The van der Waals surface area contributed by atoms with Crippen molar-refractivity contribution in [2.75, 3.05) is 17.2 Å². The number of rotatable bonds is 5. The number of carbonyl (C=O) groups excluding carboxylic acids is 1. The third kappa shape index (κ3) is 4.61. The average molecular weight is 434 g/mol. The molecule has 0 aliphatic heterocycles. The zero-order valence-corrected chi connectivity index (χ0v) is 16.4. The van der Waals surface area contributed by atoms with Crippen LogP contribution in [-0.4, -0.2) is 43.2 Å². The van der Waals surface area contributed by atoms with Gasteiger partial charge in [-0.3, -0.25) is 15.1 Å². The number of fused-ring (bicyclic) bond motifs is 1. The van der Waals surface area contributed by atoms with Crippen molar-refractivity contribution in [2.24, 2.45) is 5.92 Å². The normalized spacial score (nSPS) is 19.4. The molecule has 0 aromatic carbocycles. The predicted molar refractivity (Wildman–Crippen MR) is 107 cm³/mol. The quantitative estimate of drug-likeness (QED) is 0.569. The van der Waals surface area contributed by atoms with Crippen LogP contribution in [0.5, 0.6) is 0 Å². The highest BCUT2D eigenvalue weighted by molar-refractivity contribution is 6.03. The second kappa shape index (κ2) is 8.50. The van der Waals surface area contributed by atoms with Crippen molar-refractivity contribution < 1.29 is 23.1 Å². The highest BCUT2D eigenvalue weighted by atomic mass is 19.4. The summed E-state index contributed by atoms with van der Waals surface area (Å²) in [6.07, 6.45) is 1.70. The number of alkyl halides is 3. The molecule has 0 spiro atoms. The first-order valence-corrected chi connectivity index (χ1v) is 9.92. The first-order chi connectivity index (χ1) is 14.8. The summed E-state index contributed by atoms with van der Waals surface area (Å²) < 4.78 is 41.6. The number of aromatic nitrogens is 4. The number of hydrogen-bond acceptors (Lipinski definition) is 6. The van der Waals surface area contributed by atoms with Gasteiger partial charge in [0.2, 0.25) is 5.95 Å². The topological polar surface area (TPSA) is 104 Å². The van der Waals surface area contributed by atoms with E-state index in [4.69, 9.17) is 0 Å². The van der Waals surface area contributed by atoms with E-state index >= 15 is 0 Å². The maximum Gasteiger partial charge on any atom is 0.416 e. The molecule has 31 heavy (non-hydrogen) atoms. The molecular weight excluding hydrogens is 413 g/mol. The Hall–Kier alpha value is -3.21. The fraction of sp³-hybridized carbons (Fsp3) is 0.400. The number of pyridine rings is 2. The minimum Gasteiger partial charge on any atom is -0.396 e. The summed E-state index contributed by atoms with van der Waals surface area (Å²) in [6.45, 7) is -0.0520. The van der Waals surface area contributed by atoms with Gasteiger partial charge < -0.3 is 10.4 Å². The van der Waals surface area contributed by atoms with Crippen LogP contribution in [0.4, 0.5) is 24.9 Å². The summed E-state index contributed by atoms with van der Waals surface area (Å²) in [5.41, 5.74) is -0.671. The summed E-state index contributed by atoms with van der Waals surface area (Å²) in [6, 6.07) is 4.79. The van der Waals surface area contributed by atoms with Gasteiger partial charge in [0, 0.05) is 31.0 Å². The number of carbonyl (C=O) groups is 1. The number of aliphatic hydroxyl groups excluding tert-OH is 1. The molecule has 0 bridgehead atoms. The maximum absolute atomic E-state index is 13.5. The lowest BCUT2D eigenvalue weighted by Crippen LogP contribution is -2.35. The Bertz CT molecular complexity index is 1070. The molecule has 3 heterocycles. The van der Waals surface area contributed by atoms with Gasteiger partial charge >= 0.3 is 6.18 Å². The van der Waals surface area contributed by atoms with Crippen LogP contribution in [0.1, 0.15) is 41.6 Å². The van der Waals surface area contributed by atoms with Gasteiger partial charge in [0.1, 0.15) is 5.82 Å². The molecule has 3 aromatic rings. The van der Waals surface area contributed by atoms with Gasteiger partial charge in [-0.05, 0) is 37.1 Å². The largest absolute Gasteiger partial charge is 0.416 e. The summed E-state index contributed by atoms with van der Waals surface area (Å²) >= 11 is 0. The van der Waals surface area contributed by atoms with Gasteiger partial charge in [-0.15, -0.1) is 5.10 Å². The van der Waals surface area contributed by atoms with Crippen molar-refractivity contribution in [1.29, 1.82) is 0 Å². The van der Waals surface area contributed by atoms with Gasteiger partial charge in [0.25, 0.3) is 5.91 Å². The van der Waals surface area contributed by atoms with E-state index in [-0.39, 0.29) is 41.5 Å². The minimum atomic E-state index is -4.58. The van der Waals surface area contributed by atoms with Crippen molar-refractivity contribution >= 4 is 23.3 Å². The Labute approximate surface area is 175 Å². The molecule has 164 valence electrons. The van der Waals surface area contributed by atoms with Gasteiger partial charge in [-0.2, -0.15) is 22.7 Å². The van der Waals surface area contributed by atoms with Crippen molar-refractivity contribution in [3.05, 3.63) is 47.8 Å². The summed E-state index contributed by atoms with van der Waals surface area (Å²) in [5, 5.41) is 19.4. The molecule has 1 aliphatic rings. The molecule has 3 aromatic heterocycles. The van der Waals surface area contributed by atoms with Gasteiger partial charge in [0.05, 0.1) is 11.1 Å². The van der Waals surface area contributed by atoms with Crippen molar-refractivity contribution in [2.45, 2.75) is 37.9 Å². The van der Waals surface area contributed by atoms with Gasteiger partial charge in [-0.1, -0.05) is 12.8 Å². The van der Waals surface area contributed by atoms with Crippen molar-refractivity contribution in [3.8, 4) is 0 Å². The molecule has 0 radical (unpaired) electrons. The third-order valence-corrected chi connectivity index (χ3v) is 5.39. The van der Waals surface area contributed by atoms with E-state index in [1.54, 1.807) is 12.1 Å². The number of nitrogens with zero attached hydrogens (tertiary/aromatic N) is 4. The number of aliphatic hydroxyl groups is 1. The van der Waals surface area contributed by atoms with Crippen LogP contribution in [-0.2, 0) is 6.18 Å². The first kappa shape index (κ1) is 21.0. The minimum absolute atomic E-state index is 0.0520. The molecule has 2 atom stereocenters. The monoisotopic (exact) mass is 434 g/mol. The van der Waals surface area contributed by atoms with Gasteiger partial charge in [-0.25, -0.2) is 0 Å². The number of anilines is 2.